The van der Waals surface area contributed by atoms with Crippen LogP contribution in [0.5, 0.6) is 0 Å². The molecule has 0 heterocycles. The molecule has 0 radical (unpaired) electrons. The van der Waals surface area contributed by atoms with Crippen molar-refractivity contribution in [2.45, 2.75) is 18.9 Å². The number of nitrogens with one attached hydrogen (secondary N) is 2. The number of amides is 2. The molecular formula is C15H17ClN2O4S. The molecule has 6 nitrogen and oxygen atoms in total. The highest BCUT2D eigenvalue weighted by atomic mass is 35.5. The van der Waals surface area contributed by atoms with Gasteiger partial charge in [0, 0.05) is 16.8 Å². The Labute approximate surface area is 143 Å². The highest BCUT2D eigenvalue weighted by molar-refractivity contribution is 8.00. The van der Waals surface area contributed by atoms with Gasteiger partial charge >= 0.3 is 5.97 Å². The zero-order chi connectivity index (χ0) is 16.7. The van der Waals surface area contributed by atoms with Crippen LogP contribution < -0.4 is 10.6 Å². The maximum Gasteiger partial charge on any atom is 0.316 e. The van der Waals surface area contributed by atoms with Crippen molar-refractivity contribution in [1.29, 1.82) is 0 Å². The number of thioether (sulfide) groups is 1. The van der Waals surface area contributed by atoms with Gasteiger partial charge in [0.1, 0.15) is 0 Å². The quantitative estimate of drug-likeness (QED) is 0.694. The third-order valence-corrected chi connectivity index (χ3v) is 4.05. The second kappa shape index (κ2) is 8.79. The number of benzene rings is 1. The van der Waals surface area contributed by atoms with E-state index in [9.17, 15) is 14.4 Å². The van der Waals surface area contributed by atoms with Crippen LogP contribution in [0.3, 0.4) is 0 Å². The predicted octanol–water partition coefficient (Wildman–Crippen LogP) is 1.83. The van der Waals surface area contributed by atoms with E-state index in [1.165, 1.54) is 0 Å². The fourth-order valence-corrected chi connectivity index (χ4v) is 2.38. The smallest absolute Gasteiger partial charge is 0.316 e. The van der Waals surface area contributed by atoms with Crippen LogP contribution in [0.2, 0.25) is 5.02 Å². The van der Waals surface area contributed by atoms with Crippen LogP contribution in [0, 0.1) is 0 Å². The van der Waals surface area contributed by atoms with E-state index < -0.39 is 5.97 Å². The molecule has 0 atom stereocenters. The van der Waals surface area contributed by atoms with Crippen molar-refractivity contribution in [3.8, 4) is 0 Å². The fraction of sp³-hybridized carbons (Fsp3) is 0.400. The standard InChI is InChI=1S/C15H17ClN2O4S/c16-10-1-3-11(4-2-10)18-14(20)8-23-9-15(21)22-7-13(19)17-12-5-6-12/h1-4,12H,5-9H2,(H,17,19)(H,18,20). The number of rotatable bonds is 8. The summed E-state index contributed by atoms with van der Waals surface area (Å²) in [5.41, 5.74) is 0.638. The van der Waals surface area contributed by atoms with Gasteiger partial charge in [-0.15, -0.1) is 11.8 Å². The number of hydrogen-bond donors (Lipinski definition) is 2. The molecule has 1 saturated carbocycles. The highest BCUT2D eigenvalue weighted by Gasteiger charge is 2.23. The molecule has 0 bridgehead atoms. The van der Waals surface area contributed by atoms with Crippen LogP contribution >= 0.6 is 23.4 Å². The molecule has 1 aliphatic rings. The first-order chi connectivity index (χ1) is 11.0. The molecule has 2 N–H and O–H groups in total. The molecule has 2 rings (SSSR count). The Hall–Kier alpha value is -1.73. The summed E-state index contributed by atoms with van der Waals surface area (Å²) >= 11 is 6.88. The zero-order valence-electron chi connectivity index (χ0n) is 12.3. The van der Waals surface area contributed by atoms with Gasteiger partial charge < -0.3 is 15.4 Å². The number of anilines is 1. The minimum absolute atomic E-state index is 0.0186. The van der Waals surface area contributed by atoms with E-state index in [2.05, 4.69) is 10.6 Å². The van der Waals surface area contributed by atoms with Gasteiger partial charge in [-0.05, 0) is 37.1 Å². The van der Waals surface area contributed by atoms with Gasteiger partial charge in [-0.1, -0.05) is 11.6 Å². The average Bonchev–Trinajstić information content (AvgIpc) is 3.31. The molecule has 1 aromatic carbocycles. The Morgan fingerprint density at radius 3 is 2.48 bits per heavy atom. The van der Waals surface area contributed by atoms with E-state index >= 15 is 0 Å². The monoisotopic (exact) mass is 356 g/mol. The molecule has 1 fully saturated rings. The molecule has 0 aliphatic heterocycles. The van der Waals surface area contributed by atoms with E-state index in [0.717, 1.165) is 24.6 Å². The summed E-state index contributed by atoms with van der Waals surface area (Å²) in [5.74, 6) is -0.889. The van der Waals surface area contributed by atoms with Crippen molar-refractivity contribution in [1.82, 2.24) is 5.32 Å². The molecule has 8 heteroatoms. The van der Waals surface area contributed by atoms with Crippen LogP contribution in [0.25, 0.3) is 0 Å². The Kier molecular flexibility index (Phi) is 6.73. The first-order valence-corrected chi connectivity index (χ1v) is 8.64. The second-order valence-corrected chi connectivity index (χ2v) is 6.47. The van der Waals surface area contributed by atoms with E-state index in [1.54, 1.807) is 24.3 Å². The van der Waals surface area contributed by atoms with E-state index in [0.29, 0.717) is 10.7 Å². The lowest BCUT2D eigenvalue weighted by molar-refractivity contribution is -0.145. The molecule has 1 aromatic rings. The molecule has 0 spiro atoms. The topological polar surface area (TPSA) is 84.5 Å². The summed E-state index contributed by atoms with van der Waals surface area (Å²) in [6, 6.07) is 6.98. The Morgan fingerprint density at radius 2 is 1.83 bits per heavy atom. The fourth-order valence-electron chi connectivity index (χ4n) is 1.64. The van der Waals surface area contributed by atoms with Crippen molar-refractivity contribution in [3.63, 3.8) is 0 Å². The van der Waals surface area contributed by atoms with Crippen LogP contribution in [-0.2, 0) is 19.1 Å². The summed E-state index contributed by atoms with van der Waals surface area (Å²) < 4.78 is 4.83. The normalized spacial score (nSPS) is 13.3. The van der Waals surface area contributed by atoms with Crippen molar-refractivity contribution in [2.75, 3.05) is 23.4 Å². The van der Waals surface area contributed by atoms with E-state index in [-0.39, 0.29) is 36.0 Å². The Morgan fingerprint density at radius 1 is 1.13 bits per heavy atom. The number of esters is 1. The van der Waals surface area contributed by atoms with Gasteiger partial charge in [-0.3, -0.25) is 14.4 Å². The summed E-state index contributed by atoms with van der Waals surface area (Å²) in [7, 11) is 0. The van der Waals surface area contributed by atoms with Gasteiger partial charge in [-0.25, -0.2) is 0 Å². The number of halogens is 1. The van der Waals surface area contributed by atoms with E-state index in [1.807, 2.05) is 0 Å². The second-order valence-electron chi connectivity index (χ2n) is 5.05. The summed E-state index contributed by atoms with van der Waals surface area (Å²) in [5, 5.41) is 5.99. The average molecular weight is 357 g/mol. The van der Waals surface area contributed by atoms with Gasteiger partial charge in [0.2, 0.25) is 5.91 Å². The number of hydrogen-bond acceptors (Lipinski definition) is 5. The van der Waals surface area contributed by atoms with Crippen LogP contribution in [0.4, 0.5) is 5.69 Å². The maximum atomic E-state index is 11.7. The molecule has 0 unspecified atom stereocenters. The molecule has 0 aromatic heterocycles. The first-order valence-electron chi connectivity index (χ1n) is 7.11. The lowest BCUT2D eigenvalue weighted by Crippen LogP contribution is -2.30. The van der Waals surface area contributed by atoms with Gasteiger partial charge in [0.15, 0.2) is 6.61 Å². The Bertz CT molecular complexity index is 575. The third-order valence-electron chi connectivity index (χ3n) is 2.89. The molecule has 0 saturated heterocycles. The van der Waals surface area contributed by atoms with Crippen LogP contribution in [0.15, 0.2) is 24.3 Å². The van der Waals surface area contributed by atoms with Gasteiger partial charge in [0.05, 0.1) is 11.5 Å². The summed E-state index contributed by atoms with van der Waals surface area (Å²) in [6.45, 7) is -0.271. The molecule has 2 amide bonds. The largest absolute Gasteiger partial charge is 0.455 e. The van der Waals surface area contributed by atoms with Gasteiger partial charge in [0.25, 0.3) is 5.91 Å². The van der Waals surface area contributed by atoms with Crippen LogP contribution in [-0.4, -0.2) is 41.9 Å². The molecular weight excluding hydrogens is 340 g/mol. The first kappa shape index (κ1) is 17.6. The third kappa shape index (κ3) is 7.38. The van der Waals surface area contributed by atoms with Crippen molar-refractivity contribution >= 4 is 46.8 Å². The minimum Gasteiger partial charge on any atom is -0.455 e. The number of carbonyl (C=O) groups is 3. The van der Waals surface area contributed by atoms with Crippen molar-refractivity contribution in [3.05, 3.63) is 29.3 Å². The van der Waals surface area contributed by atoms with Crippen LogP contribution in [0.1, 0.15) is 12.8 Å². The summed E-state index contributed by atoms with van der Waals surface area (Å²) in [6.07, 6.45) is 1.97. The van der Waals surface area contributed by atoms with Gasteiger partial charge in [-0.2, -0.15) is 0 Å². The lowest BCUT2D eigenvalue weighted by Gasteiger charge is -2.06. The Balaban J connectivity index is 1.56. The minimum atomic E-state index is -0.514. The summed E-state index contributed by atoms with van der Waals surface area (Å²) in [4.78, 5) is 34.5. The van der Waals surface area contributed by atoms with Crippen molar-refractivity contribution in [2.24, 2.45) is 0 Å². The zero-order valence-corrected chi connectivity index (χ0v) is 13.9. The highest BCUT2D eigenvalue weighted by Crippen LogP contribution is 2.18. The van der Waals surface area contributed by atoms with Crippen molar-refractivity contribution < 1.29 is 19.1 Å². The van der Waals surface area contributed by atoms with E-state index in [4.69, 9.17) is 16.3 Å². The predicted molar refractivity (Wildman–Crippen MR) is 89.5 cm³/mol. The molecule has 23 heavy (non-hydrogen) atoms. The SMILES string of the molecule is O=C(CSCC(=O)OCC(=O)NC1CC1)Nc1ccc(Cl)cc1. The lowest BCUT2D eigenvalue weighted by atomic mass is 10.3. The number of carbonyl (C=O) groups excluding carboxylic acids is 3. The number of ether oxygens (including phenoxy) is 1. The molecule has 124 valence electrons. The molecule has 1 aliphatic carbocycles. The maximum absolute atomic E-state index is 11.7.